The average Bonchev–Trinajstić information content (AvgIpc) is 3.38. The average molecular weight is 667 g/mol. The first-order valence-electron chi connectivity index (χ1n) is 11.3. The van der Waals surface area contributed by atoms with Gasteiger partial charge < -0.3 is 19.7 Å². The number of fused-ring (bicyclic) bond motifs is 3. The van der Waals surface area contributed by atoms with Gasteiger partial charge in [-0.2, -0.15) is 9.13 Å². The number of hydrogen-bond donors (Lipinski definition) is 1. The van der Waals surface area contributed by atoms with Crippen LogP contribution in [0.3, 0.4) is 0 Å². The summed E-state index contributed by atoms with van der Waals surface area (Å²) in [6.07, 6.45) is 2.98. The van der Waals surface area contributed by atoms with E-state index >= 15 is 0 Å². The van der Waals surface area contributed by atoms with Gasteiger partial charge in [-0.15, -0.1) is 10.2 Å². The number of aromatic nitrogens is 3. The molecule has 0 amide bonds. The molecule has 1 heterocycles. The van der Waals surface area contributed by atoms with Crippen molar-refractivity contribution in [2.75, 3.05) is 12.4 Å². The molecule has 1 N–H and O–H groups in total. The van der Waals surface area contributed by atoms with E-state index in [1.807, 2.05) is 0 Å². The summed E-state index contributed by atoms with van der Waals surface area (Å²) in [5.41, 5.74) is 2.22. The van der Waals surface area contributed by atoms with Crippen LogP contribution in [0.15, 0.2) is 81.4 Å². The number of benzene rings is 4. The van der Waals surface area contributed by atoms with Crippen molar-refractivity contribution in [1.29, 1.82) is 0 Å². The Kier molecular flexibility index (Phi) is 15.0. The standard InChI is InChI=1S/C25H20N4O8S3.3Na/c1-26-17-10-8-15(22(12-17)38-37-36-30)6-7-16-9-11-18(13-24(16)40(33,34)35)29-27-21-14-23(39(31)32)19-4-2-3-5-20(19)25(21)28-29;;;/h2-14,26,30H,1H3,(H,31,32)(H,33,34,35);;;/q;3*+1/p-3. The van der Waals surface area contributed by atoms with Gasteiger partial charge in [-0.05, 0) is 57.9 Å². The van der Waals surface area contributed by atoms with Gasteiger partial charge in [-0.3, -0.25) is 9.25 Å². The van der Waals surface area contributed by atoms with Gasteiger partial charge >= 0.3 is 88.7 Å². The van der Waals surface area contributed by atoms with Gasteiger partial charge in [-0.1, -0.05) is 48.6 Å². The van der Waals surface area contributed by atoms with Crippen molar-refractivity contribution < 1.29 is 125 Å². The second-order valence-electron chi connectivity index (χ2n) is 8.24. The maximum absolute atomic E-state index is 12.2. The fourth-order valence-corrected chi connectivity index (χ4v) is 5.86. The first-order valence-corrected chi connectivity index (χ1v) is 14.5. The van der Waals surface area contributed by atoms with Gasteiger partial charge in [0.15, 0.2) is 0 Å². The maximum Gasteiger partial charge on any atom is 1.00 e. The van der Waals surface area contributed by atoms with Gasteiger partial charge in [0, 0.05) is 27.9 Å². The summed E-state index contributed by atoms with van der Waals surface area (Å²) in [4.78, 5) is 1.16. The third kappa shape index (κ3) is 8.78. The Balaban J connectivity index is 0.00000215. The van der Waals surface area contributed by atoms with Crippen LogP contribution in [0.4, 0.5) is 5.69 Å². The van der Waals surface area contributed by atoms with E-state index in [9.17, 15) is 27.0 Å². The molecule has 18 heteroatoms. The molecule has 206 valence electrons. The monoisotopic (exact) mass is 666 g/mol. The number of hydrogen-bond acceptors (Lipinski definition) is 12. The van der Waals surface area contributed by atoms with E-state index in [1.54, 1.807) is 55.6 Å². The van der Waals surface area contributed by atoms with Crippen molar-refractivity contribution >= 4 is 72.9 Å². The normalized spacial score (nSPS) is 12.0. The summed E-state index contributed by atoms with van der Waals surface area (Å²) >= 11 is -1.87. The third-order valence-electron chi connectivity index (χ3n) is 5.93. The van der Waals surface area contributed by atoms with Crippen molar-refractivity contribution in [3.63, 3.8) is 0 Å². The van der Waals surface area contributed by atoms with E-state index in [2.05, 4.69) is 24.9 Å². The molecule has 4 aromatic carbocycles. The first kappa shape index (κ1) is 38.5. The van der Waals surface area contributed by atoms with Gasteiger partial charge in [0.1, 0.15) is 21.2 Å². The molecule has 0 fully saturated rings. The van der Waals surface area contributed by atoms with E-state index in [0.717, 1.165) is 16.6 Å². The van der Waals surface area contributed by atoms with Crippen LogP contribution in [0.1, 0.15) is 11.1 Å². The van der Waals surface area contributed by atoms with Crippen LogP contribution in [0.2, 0.25) is 0 Å². The third-order valence-corrected chi connectivity index (χ3v) is 8.17. The molecule has 0 saturated heterocycles. The fraction of sp³-hybridized carbons (Fsp3) is 0.0400. The Labute approximate surface area is 319 Å². The second-order valence-corrected chi connectivity index (χ2v) is 11.2. The fourth-order valence-electron chi connectivity index (χ4n) is 4.10. The van der Waals surface area contributed by atoms with Crippen LogP contribution in [0, 0.1) is 0 Å². The molecule has 5 rings (SSSR count). The topological polar surface area (TPSA) is 182 Å². The molecule has 1 atom stereocenters. The molecular formula is C25H17N4Na3O8S3. The van der Waals surface area contributed by atoms with Gasteiger partial charge in [0.25, 0.3) is 0 Å². The Bertz CT molecular complexity index is 1920. The summed E-state index contributed by atoms with van der Waals surface area (Å²) in [5, 5.41) is 26.5. The summed E-state index contributed by atoms with van der Waals surface area (Å²) in [6, 6.07) is 17.4. The quantitative estimate of drug-likeness (QED) is 0.0300. The van der Waals surface area contributed by atoms with Crippen molar-refractivity contribution in [1.82, 2.24) is 15.0 Å². The number of nitrogens with one attached hydrogen (secondary N) is 1. The second kappa shape index (κ2) is 16.8. The number of rotatable bonds is 9. The Morgan fingerprint density at radius 1 is 0.953 bits per heavy atom. The van der Waals surface area contributed by atoms with E-state index in [0.29, 0.717) is 38.8 Å². The molecule has 0 bridgehead atoms. The Morgan fingerprint density at radius 3 is 2.28 bits per heavy atom. The van der Waals surface area contributed by atoms with Crippen LogP contribution in [0.5, 0.6) is 0 Å². The van der Waals surface area contributed by atoms with Gasteiger partial charge in [0.05, 0.1) is 22.6 Å². The van der Waals surface area contributed by atoms with Crippen LogP contribution in [-0.4, -0.2) is 43.8 Å². The van der Waals surface area contributed by atoms with Crippen molar-refractivity contribution in [2.24, 2.45) is 0 Å². The molecule has 0 spiro atoms. The minimum Gasteiger partial charge on any atom is -0.768 e. The van der Waals surface area contributed by atoms with Crippen LogP contribution >= 0.6 is 12.0 Å². The van der Waals surface area contributed by atoms with Gasteiger partial charge in [0.2, 0.25) is 0 Å². The van der Waals surface area contributed by atoms with Gasteiger partial charge in [-0.25, -0.2) is 8.42 Å². The molecule has 12 nitrogen and oxygen atoms in total. The zero-order chi connectivity index (χ0) is 28.4. The summed E-state index contributed by atoms with van der Waals surface area (Å²) in [6.45, 7) is 0. The zero-order valence-electron chi connectivity index (χ0n) is 23.3. The van der Waals surface area contributed by atoms with Crippen LogP contribution < -0.4 is 99.2 Å². The molecule has 0 aliphatic carbocycles. The largest absolute Gasteiger partial charge is 1.00 e. The Hall–Kier alpha value is -0.670. The number of anilines is 1. The van der Waals surface area contributed by atoms with E-state index in [-0.39, 0.29) is 110 Å². The number of nitrogens with zero attached hydrogens (tertiary/aromatic N) is 3. The van der Waals surface area contributed by atoms with Crippen molar-refractivity contribution in [3.8, 4) is 5.69 Å². The molecule has 0 aliphatic heterocycles. The summed E-state index contributed by atoms with van der Waals surface area (Å²) < 4.78 is 64.7. The minimum atomic E-state index is -4.94. The summed E-state index contributed by atoms with van der Waals surface area (Å²) in [7, 11) is -3.23. The molecule has 0 saturated carbocycles. The first-order chi connectivity index (χ1) is 19.2. The van der Waals surface area contributed by atoms with Crippen LogP contribution in [-0.2, 0) is 30.6 Å². The molecule has 5 aromatic rings. The van der Waals surface area contributed by atoms with E-state index in [1.165, 1.54) is 24.3 Å². The van der Waals surface area contributed by atoms with Crippen LogP contribution in [0.25, 0.3) is 39.6 Å². The zero-order valence-corrected chi connectivity index (χ0v) is 31.8. The smallest absolute Gasteiger partial charge is 0.768 e. The molecule has 1 aromatic heterocycles. The summed E-state index contributed by atoms with van der Waals surface area (Å²) in [5.74, 6) is 0. The van der Waals surface area contributed by atoms with Crippen molar-refractivity contribution in [3.05, 3.63) is 77.9 Å². The molecular weight excluding hydrogens is 649 g/mol. The molecule has 0 radical (unpaired) electrons. The van der Waals surface area contributed by atoms with E-state index < -0.39 is 26.1 Å². The SMILES string of the molecule is CNc1ccc(C=Cc2ccc(-n3nc4cc(S(=O)[O-])c5ccccc5c4n3)cc2S(=O)(=O)[O-])c(SOO[O-])c1.[Na+].[Na+].[Na+]. The molecule has 43 heavy (non-hydrogen) atoms. The van der Waals surface area contributed by atoms with E-state index in [4.69, 9.17) is 0 Å². The molecule has 0 aliphatic rings. The predicted octanol–water partition coefficient (Wildman–Crippen LogP) is -5.83. The minimum absolute atomic E-state index is 0. The predicted molar refractivity (Wildman–Crippen MR) is 144 cm³/mol. The molecule has 1 unspecified atom stereocenters. The van der Waals surface area contributed by atoms with Crippen molar-refractivity contribution in [2.45, 2.75) is 14.7 Å². The maximum atomic E-state index is 12.2. The Morgan fingerprint density at radius 2 is 1.63 bits per heavy atom.